The first-order valence-corrected chi connectivity index (χ1v) is 5.10. The third-order valence-electron chi connectivity index (χ3n) is 2.59. The van der Waals surface area contributed by atoms with Gasteiger partial charge in [-0.1, -0.05) is 6.07 Å². The number of aromatic hydroxyl groups is 2. The van der Waals surface area contributed by atoms with E-state index in [-0.39, 0.29) is 5.56 Å². The lowest BCUT2D eigenvalue weighted by Crippen LogP contribution is -2.46. The minimum atomic E-state index is -4.82. The van der Waals surface area contributed by atoms with Crippen LogP contribution in [0, 0.1) is 0 Å². The highest BCUT2D eigenvalue weighted by atomic mass is 19.4. The molecule has 0 aliphatic carbocycles. The number of benzene rings is 1. The van der Waals surface area contributed by atoms with Crippen molar-refractivity contribution in [2.75, 3.05) is 0 Å². The largest absolute Gasteiger partial charge is 0.504 e. The second kappa shape index (κ2) is 4.61. The van der Waals surface area contributed by atoms with Gasteiger partial charge in [0.05, 0.1) is 0 Å². The fraction of sp³-hybridized carbons (Fsp3) is 0.364. The Morgan fingerprint density at radius 3 is 2.21 bits per heavy atom. The van der Waals surface area contributed by atoms with Gasteiger partial charge in [0.15, 0.2) is 11.5 Å². The Labute approximate surface area is 106 Å². The summed E-state index contributed by atoms with van der Waals surface area (Å²) in [7, 11) is 0. The Morgan fingerprint density at radius 1 is 1.26 bits per heavy atom. The molecular weight excluding hydrogens is 267 g/mol. The number of nitrogens with two attached hydrogens (primary N) is 1. The Bertz CT molecular complexity index is 511. The summed E-state index contributed by atoms with van der Waals surface area (Å²) in [6.45, 7) is 1.14. The van der Waals surface area contributed by atoms with Gasteiger partial charge in [-0.25, -0.2) is 0 Å². The minimum Gasteiger partial charge on any atom is -0.504 e. The number of carboxylic acid groups (broad SMARTS) is 1. The van der Waals surface area contributed by atoms with Crippen molar-refractivity contribution >= 4 is 5.97 Å². The van der Waals surface area contributed by atoms with Gasteiger partial charge in [-0.05, 0) is 13.0 Å². The third-order valence-corrected chi connectivity index (χ3v) is 2.59. The maximum atomic E-state index is 12.4. The maximum absolute atomic E-state index is 12.4. The predicted molar refractivity (Wildman–Crippen MR) is 58.7 cm³/mol. The molecule has 19 heavy (non-hydrogen) atoms. The quantitative estimate of drug-likeness (QED) is 0.627. The van der Waals surface area contributed by atoms with Gasteiger partial charge in [0.1, 0.15) is 11.1 Å². The summed E-state index contributed by atoms with van der Waals surface area (Å²) in [5.74, 6) is -3.75. The summed E-state index contributed by atoms with van der Waals surface area (Å²) in [6.07, 6.45) is -5.25. The van der Waals surface area contributed by atoms with Gasteiger partial charge in [-0.2, -0.15) is 13.2 Å². The van der Waals surface area contributed by atoms with E-state index in [0.717, 1.165) is 13.0 Å². The number of phenols is 2. The molecule has 0 radical (unpaired) electrons. The Balaban J connectivity index is 3.21. The van der Waals surface area contributed by atoms with Gasteiger partial charge in [0.2, 0.25) is 0 Å². The average molecular weight is 279 g/mol. The zero-order valence-corrected chi connectivity index (χ0v) is 9.82. The average Bonchev–Trinajstić information content (AvgIpc) is 2.22. The lowest BCUT2D eigenvalue weighted by atomic mass is 9.92. The van der Waals surface area contributed by atoms with Crippen LogP contribution in [0.5, 0.6) is 11.5 Å². The number of halogens is 3. The Morgan fingerprint density at radius 2 is 1.79 bits per heavy atom. The highest BCUT2D eigenvalue weighted by Crippen LogP contribution is 2.42. The van der Waals surface area contributed by atoms with Crippen molar-refractivity contribution < 1.29 is 33.3 Å². The molecule has 0 spiro atoms. The lowest BCUT2D eigenvalue weighted by molar-refractivity contribution is -0.142. The van der Waals surface area contributed by atoms with E-state index in [0.29, 0.717) is 6.07 Å². The Hall–Kier alpha value is -1.96. The molecule has 0 saturated carbocycles. The van der Waals surface area contributed by atoms with Crippen LogP contribution in [-0.2, 0) is 17.4 Å². The molecule has 0 aliphatic heterocycles. The molecule has 0 aromatic heterocycles. The summed E-state index contributed by atoms with van der Waals surface area (Å²) in [4.78, 5) is 10.8. The van der Waals surface area contributed by atoms with E-state index in [2.05, 4.69) is 0 Å². The van der Waals surface area contributed by atoms with E-state index in [4.69, 9.17) is 10.8 Å². The summed E-state index contributed by atoms with van der Waals surface area (Å²) < 4.78 is 37.3. The molecule has 0 heterocycles. The van der Waals surface area contributed by atoms with Crippen LogP contribution < -0.4 is 5.73 Å². The molecule has 0 unspecified atom stereocenters. The van der Waals surface area contributed by atoms with Crippen LogP contribution >= 0.6 is 0 Å². The van der Waals surface area contributed by atoms with Gasteiger partial charge in [0.25, 0.3) is 0 Å². The van der Waals surface area contributed by atoms with Crippen LogP contribution in [0.25, 0.3) is 0 Å². The molecule has 5 N–H and O–H groups in total. The molecule has 1 rings (SSSR count). The summed E-state index contributed by atoms with van der Waals surface area (Å²) in [6, 6.07) is 1.44. The number of carbonyl (C=O) groups is 1. The van der Waals surface area contributed by atoms with Crippen molar-refractivity contribution in [1.82, 2.24) is 0 Å². The van der Waals surface area contributed by atoms with Gasteiger partial charge in [-0.15, -0.1) is 0 Å². The van der Waals surface area contributed by atoms with E-state index in [1.165, 1.54) is 0 Å². The van der Waals surface area contributed by atoms with Crippen molar-refractivity contribution in [2.24, 2.45) is 5.73 Å². The third kappa shape index (κ3) is 3.08. The molecular formula is C11H12F3NO4. The van der Waals surface area contributed by atoms with E-state index < -0.39 is 41.2 Å². The SMILES string of the molecule is C[C@](N)(Cc1ccc(C(F)(F)F)c(O)c1O)C(=O)O. The molecule has 0 saturated heterocycles. The molecule has 0 fully saturated rings. The topological polar surface area (TPSA) is 104 Å². The van der Waals surface area contributed by atoms with E-state index in [1.54, 1.807) is 0 Å². The number of rotatable bonds is 3. The van der Waals surface area contributed by atoms with E-state index in [9.17, 15) is 28.2 Å². The van der Waals surface area contributed by atoms with Crippen LogP contribution in [0.3, 0.4) is 0 Å². The molecule has 0 bridgehead atoms. The number of phenolic OH excluding ortho intramolecular Hbond substituents is 2. The van der Waals surface area contributed by atoms with Crippen LogP contribution in [-0.4, -0.2) is 26.8 Å². The summed E-state index contributed by atoms with van der Waals surface area (Å²) in [5, 5.41) is 27.6. The number of alkyl halides is 3. The van der Waals surface area contributed by atoms with Crippen LogP contribution in [0.1, 0.15) is 18.1 Å². The standard InChI is InChI=1S/C11H12F3NO4/c1-10(15,9(18)19)4-5-2-3-6(11(12,13)14)8(17)7(5)16/h2-3,16-17H,4,15H2,1H3,(H,18,19)/t10-/m0/s1. The van der Waals surface area contributed by atoms with E-state index in [1.807, 2.05) is 0 Å². The van der Waals surface area contributed by atoms with Gasteiger partial charge >= 0.3 is 12.1 Å². The second-order valence-corrected chi connectivity index (χ2v) is 4.37. The zero-order chi connectivity index (χ0) is 15.0. The molecule has 5 nitrogen and oxygen atoms in total. The summed E-state index contributed by atoms with van der Waals surface area (Å²) in [5.41, 5.74) is 2.06. The first-order chi connectivity index (χ1) is 8.47. The van der Waals surface area contributed by atoms with Crippen LogP contribution in [0.2, 0.25) is 0 Å². The fourth-order valence-corrected chi connectivity index (χ4v) is 1.46. The molecule has 1 atom stereocenters. The summed E-state index contributed by atoms with van der Waals surface area (Å²) >= 11 is 0. The van der Waals surface area contributed by atoms with E-state index >= 15 is 0 Å². The van der Waals surface area contributed by atoms with Crippen molar-refractivity contribution in [2.45, 2.75) is 25.1 Å². The first kappa shape index (κ1) is 15.1. The normalized spacial score (nSPS) is 15.0. The second-order valence-electron chi connectivity index (χ2n) is 4.37. The van der Waals surface area contributed by atoms with Crippen LogP contribution in [0.4, 0.5) is 13.2 Å². The molecule has 0 amide bonds. The van der Waals surface area contributed by atoms with Gasteiger partial charge < -0.3 is 21.1 Å². The number of aliphatic carboxylic acids is 1. The molecule has 0 aliphatic rings. The van der Waals surface area contributed by atoms with Gasteiger partial charge in [0, 0.05) is 12.0 Å². The molecule has 1 aromatic rings. The fourth-order valence-electron chi connectivity index (χ4n) is 1.46. The van der Waals surface area contributed by atoms with Crippen molar-refractivity contribution in [3.63, 3.8) is 0 Å². The van der Waals surface area contributed by atoms with Crippen molar-refractivity contribution in [1.29, 1.82) is 0 Å². The maximum Gasteiger partial charge on any atom is 0.420 e. The van der Waals surface area contributed by atoms with Crippen molar-refractivity contribution in [3.05, 3.63) is 23.3 Å². The van der Waals surface area contributed by atoms with Gasteiger partial charge in [-0.3, -0.25) is 4.79 Å². The lowest BCUT2D eigenvalue weighted by Gasteiger charge is -2.20. The minimum absolute atomic E-state index is 0.182. The highest BCUT2D eigenvalue weighted by Gasteiger charge is 2.37. The highest BCUT2D eigenvalue weighted by molar-refractivity contribution is 5.78. The Kier molecular flexibility index (Phi) is 3.67. The predicted octanol–water partition coefficient (Wildman–Crippen LogP) is 1.46. The first-order valence-electron chi connectivity index (χ1n) is 5.10. The number of hydrogen-bond acceptors (Lipinski definition) is 4. The smallest absolute Gasteiger partial charge is 0.420 e. The number of carboxylic acids is 1. The number of hydrogen-bond donors (Lipinski definition) is 4. The monoisotopic (exact) mass is 279 g/mol. The van der Waals surface area contributed by atoms with Crippen LogP contribution in [0.15, 0.2) is 12.1 Å². The molecule has 106 valence electrons. The zero-order valence-electron chi connectivity index (χ0n) is 9.82. The molecule has 8 heteroatoms. The van der Waals surface area contributed by atoms with Crippen molar-refractivity contribution in [3.8, 4) is 11.5 Å². The molecule has 1 aromatic carbocycles.